The minimum Gasteiger partial charge on any atom is -0.496 e. The zero-order valence-corrected chi connectivity index (χ0v) is 34.7. The zero-order valence-electron chi connectivity index (χ0n) is 34.7. The summed E-state index contributed by atoms with van der Waals surface area (Å²) in [4.78, 5) is 53.7. The number of nitrogens with zero attached hydrogens (tertiary/aromatic N) is 4. The molecule has 2 aromatic rings. The number of fused-ring (bicyclic) bond motifs is 2. The highest BCUT2D eigenvalue weighted by molar-refractivity contribution is 6.00. The Bertz CT molecular complexity index is 1740. The highest BCUT2D eigenvalue weighted by Gasteiger charge is 2.57. The van der Waals surface area contributed by atoms with Crippen molar-refractivity contribution in [3.05, 3.63) is 47.5 Å². The van der Waals surface area contributed by atoms with Crippen LogP contribution >= 0.6 is 0 Å². The maximum atomic E-state index is 14.3. The number of likely N-dealkylation sites (tertiary alicyclic amines) is 1. The van der Waals surface area contributed by atoms with Crippen molar-refractivity contribution < 1.29 is 34.2 Å². The lowest BCUT2D eigenvalue weighted by atomic mass is 9.45. The lowest BCUT2D eigenvalue weighted by Gasteiger charge is -2.62. The first kappa shape index (κ1) is 41.9. The molecule has 2 bridgehead atoms. The van der Waals surface area contributed by atoms with Gasteiger partial charge in [0.2, 0.25) is 11.8 Å². The lowest BCUT2D eigenvalue weighted by molar-refractivity contribution is -0.183. The van der Waals surface area contributed by atoms with Gasteiger partial charge in [-0.2, -0.15) is 5.06 Å². The van der Waals surface area contributed by atoms with Gasteiger partial charge in [0.25, 0.3) is 5.91 Å². The number of anilines is 1. The predicted octanol–water partition coefficient (Wildman–Crippen LogP) is 3.37. The first-order valence-electron chi connectivity index (χ1n) is 20.3. The molecule has 308 valence electrons. The second-order valence-corrected chi connectivity index (χ2v) is 17.7. The van der Waals surface area contributed by atoms with E-state index in [0.717, 1.165) is 41.6 Å². The number of methoxy groups -OCH3 is 1. The normalized spacial score (nSPS) is 28.1. The van der Waals surface area contributed by atoms with Gasteiger partial charge in [-0.15, -0.1) is 0 Å². The molecule has 13 heteroatoms. The van der Waals surface area contributed by atoms with Crippen LogP contribution in [-0.2, 0) is 21.0 Å². The minimum absolute atomic E-state index is 0.0219. The number of aliphatic hydroxyl groups excluding tert-OH is 2. The summed E-state index contributed by atoms with van der Waals surface area (Å²) in [6.07, 6.45) is 2.34. The summed E-state index contributed by atoms with van der Waals surface area (Å²) in [7, 11) is 9.17. The fraction of sp³-hybridized carbons (Fsp3) is 0.651. The Morgan fingerprint density at radius 1 is 1.07 bits per heavy atom. The van der Waals surface area contributed by atoms with Gasteiger partial charge >= 0.3 is 0 Å². The smallest absolute Gasteiger partial charge is 0.252 e. The molecule has 13 nitrogen and oxygen atoms in total. The Morgan fingerprint density at radius 3 is 2.38 bits per heavy atom. The van der Waals surface area contributed by atoms with E-state index in [1.807, 2.05) is 79.3 Å². The van der Waals surface area contributed by atoms with Crippen LogP contribution in [0.25, 0.3) is 11.1 Å². The molecule has 56 heavy (non-hydrogen) atoms. The molecule has 4 N–H and O–H groups in total. The van der Waals surface area contributed by atoms with Crippen molar-refractivity contribution >= 4 is 23.4 Å². The number of carbonyl (C=O) groups is 3. The Labute approximate surface area is 332 Å². The van der Waals surface area contributed by atoms with Crippen LogP contribution in [0.4, 0.5) is 5.69 Å². The number of amides is 3. The minimum atomic E-state index is -0.918. The monoisotopic (exact) mass is 776 g/mol. The van der Waals surface area contributed by atoms with Gasteiger partial charge in [-0.3, -0.25) is 19.2 Å². The van der Waals surface area contributed by atoms with Crippen LogP contribution in [-0.4, -0.2) is 135 Å². The molecule has 3 amide bonds. The van der Waals surface area contributed by atoms with Gasteiger partial charge in [-0.25, -0.2) is 0 Å². The van der Waals surface area contributed by atoms with Gasteiger partial charge in [0.05, 0.1) is 26.4 Å². The molecule has 7 rings (SSSR count). The summed E-state index contributed by atoms with van der Waals surface area (Å²) in [5, 5.41) is 29.3. The number of carbonyl (C=O) groups excluding carboxylic acids is 3. The van der Waals surface area contributed by atoms with Gasteiger partial charge in [0.1, 0.15) is 23.9 Å². The quantitative estimate of drug-likeness (QED) is 0.225. The number of nitrogens with one attached hydrogen (secondary N) is 2. The van der Waals surface area contributed by atoms with Crippen LogP contribution in [0.15, 0.2) is 36.4 Å². The highest BCUT2D eigenvalue weighted by atomic mass is 16.7. The number of ether oxygens (including phenoxy) is 1. The van der Waals surface area contributed by atoms with Crippen molar-refractivity contribution in [2.24, 2.45) is 29.1 Å². The van der Waals surface area contributed by atoms with Gasteiger partial charge < -0.3 is 40.3 Å². The van der Waals surface area contributed by atoms with Gasteiger partial charge in [0.15, 0.2) is 0 Å². The van der Waals surface area contributed by atoms with Crippen molar-refractivity contribution in [2.75, 3.05) is 66.4 Å². The number of hydroxylamine groups is 2. The number of hydrogen-bond acceptors (Lipinski definition) is 10. The highest BCUT2D eigenvalue weighted by Crippen LogP contribution is 2.61. The molecular formula is C43H64N6O7. The average Bonchev–Trinajstić information content (AvgIpc) is 3.83. The third-order valence-corrected chi connectivity index (χ3v) is 13.3. The molecule has 2 heterocycles. The van der Waals surface area contributed by atoms with E-state index in [4.69, 9.17) is 9.57 Å². The number of benzene rings is 2. The van der Waals surface area contributed by atoms with Crippen LogP contribution in [0.3, 0.4) is 0 Å². The second kappa shape index (κ2) is 17.0. The Hall–Kier alpha value is -3.75. The van der Waals surface area contributed by atoms with Crippen molar-refractivity contribution in [3.8, 4) is 16.9 Å². The summed E-state index contributed by atoms with van der Waals surface area (Å²) in [5.41, 5.74) is 3.65. The lowest BCUT2D eigenvalue weighted by Crippen LogP contribution is -2.62. The molecule has 2 saturated heterocycles. The van der Waals surface area contributed by atoms with E-state index in [0.29, 0.717) is 48.7 Å². The molecule has 0 spiro atoms. The van der Waals surface area contributed by atoms with E-state index in [2.05, 4.69) is 31.4 Å². The fourth-order valence-corrected chi connectivity index (χ4v) is 9.94. The molecule has 3 aliphatic carbocycles. The fourth-order valence-electron chi connectivity index (χ4n) is 9.94. The number of para-hydroxylation sites is 1. The third-order valence-electron chi connectivity index (χ3n) is 13.3. The van der Waals surface area contributed by atoms with Crippen LogP contribution in [0.1, 0.15) is 69.3 Å². The number of likely N-dealkylation sites (N-methyl/N-ethyl adjacent to an activating group) is 1. The second-order valence-electron chi connectivity index (χ2n) is 17.7. The first-order valence-corrected chi connectivity index (χ1v) is 20.3. The molecule has 0 aromatic heterocycles. The maximum absolute atomic E-state index is 14.3. The molecular weight excluding hydrogens is 713 g/mol. The summed E-state index contributed by atoms with van der Waals surface area (Å²) in [5.74, 6) is 0.653. The molecule has 0 unspecified atom stereocenters. The van der Waals surface area contributed by atoms with Crippen molar-refractivity contribution in [1.82, 2.24) is 25.5 Å². The van der Waals surface area contributed by atoms with E-state index in [9.17, 15) is 24.6 Å². The van der Waals surface area contributed by atoms with Crippen molar-refractivity contribution in [2.45, 2.75) is 90.3 Å². The predicted molar refractivity (Wildman–Crippen MR) is 216 cm³/mol. The largest absolute Gasteiger partial charge is 0.496 e. The molecule has 5 fully saturated rings. The van der Waals surface area contributed by atoms with E-state index in [1.54, 1.807) is 19.1 Å². The molecule has 0 radical (unpaired) electrons. The van der Waals surface area contributed by atoms with Crippen molar-refractivity contribution in [3.63, 3.8) is 0 Å². The molecule has 2 aromatic carbocycles. The topological polar surface area (TPSA) is 147 Å². The number of hydrogen-bond donors (Lipinski definition) is 4. The summed E-state index contributed by atoms with van der Waals surface area (Å²) in [6.45, 7) is 10.1. The number of aliphatic hydroxyl groups is 2. The average molecular weight is 777 g/mol. The summed E-state index contributed by atoms with van der Waals surface area (Å²) in [6, 6.07) is 9.80. The molecule has 2 aliphatic heterocycles. The van der Waals surface area contributed by atoms with Crippen LogP contribution < -0.4 is 20.3 Å². The Kier molecular flexibility index (Phi) is 12.7. The van der Waals surface area contributed by atoms with Crippen LogP contribution in [0.5, 0.6) is 5.75 Å². The van der Waals surface area contributed by atoms with E-state index < -0.39 is 30.2 Å². The Morgan fingerprint density at radius 2 is 1.79 bits per heavy atom. The zero-order chi connectivity index (χ0) is 40.6. The van der Waals surface area contributed by atoms with E-state index in [-0.39, 0.29) is 42.3 Å². The van der Waals surface area contributed by atoms with Crippen LogP contribution in [0, 0.1) is 29.1 Å². The standard InChI is InChI=1S/C43H64N6O7/c1-25-33-20-30(43(33,3)4)21-34(25)44-41(53)38-37(26(2)51)36(24-50)56-49(38)22-27-13-12-14-32(39(27)55-9)28-17-29(19-31(18-28)47(7)8)40(52)45-35(23-46(5)6)42(54)48-15-10-11-16-48/h12-14,17-19,25-26,30,33-38,50-51H,10-11,15-16,20-24H2,1-9H3,(H,44,53)(H,45,52)/t25-,26-,30-,33+,34-,35+,36-,37+,38-/m0/s1. The first-order chi connectivity index (χ1) is 26.5. The number of rotatable bonds is 14. The molecule has 5 aliphatic rings. The summed E-state index contributed by atoms with van der Waals surface area (Å²) >= 11 is 0. The molecule has 3 saturated carbocycles. The van der Waals surface area contributed by atoms with Crippen molar-refractivity contribution in [1.29, 1.82) is 0 Å². The third kappa shape index (κ3) is 8.29. The van der Waals surface area contributed by atoms with E-state index >= 15 is 0 Å². The summed E-state index contributed by atoms with van der Waals surface area (Å²) < 4.78 is 6.08. The maximum Gasteiger partial charge on any atom is 0.252 e. The molecule has 9 atom stereocenters. The van der Waals surface area contributed by atoms with Gasteiger partial charge in [-0.05, 0) is 93.6 Å². The SMILES string of the molecule is COc1c(CN2O[C@@H](CO)[C@@H]([C@H](C)O)[C@H]2C(=O)N[C@H]2C[C@@H]3C[C@H]([C@@H]2C)C3(C)C)cccc1-c1cc(C(=O)N[C@H](CN(C)C)C(=O)N2CCCC2)cc(N(C)C)c1. The van der Waals surface area contributed by atoms with Gasteiger partial charge in [-0.1, -0.05) is 39.0 Å². The van der Waals surface area contributed by atoms with Crippen LogP contribution in [0.2, 0.25) is 0 Å². The van der Waals surface area contributed by atoms with Gasteiger partial charge in [0, 0.05) is 68.1 Å². The van der Waals surface area contributed by atoms with E-state index in [1.165, 1.54) is 6.42 Å². The Balaban J connectivity index is 1.28.